The molecule has 82 valence electrons. The molecule has 1 rings (SSSR count). The van der Waals surface area contributed by atoms with Gasteiger partial charge in [0, 0.05) is 13.2 Å². The van der Waals surface area contributed by atoms with Crippen LogP contribution in [0.3, 0.4) is 0 Å². The van der Waals surface area contributed by atoms with Crippen molar-refractivity contribution in [3.63, 3.8) is 0 Å². The van der Waals surface area contributed by atoms with E-state index in [4.69, 9.17) is 9.84 Å². The molecule has 0 saturated heterocycles. The third kappa shape index (κ3) is 4.07. The van der Waals surface area contributed by atoms with Gasteiger partial charge in [-0.15, -0.1) is 0 Å². The van der Waals surface area contributed by atoms with Gasteiger partial charge in [-0.2, -0.15) is 0 Å². The Bertz CT molecular complexity index is 192. The van der Waals surface area contributed by atoms with Gasteiger partial charge in [-0.05, 0) is 32.7 Å². The summed E-state index contributed by atoms with van der Waals surface area (Å²) >= 11 is 0. The van der Waals surface area contributed by atoms with Gasteiger partial charge in [-0.3, -0.25) is 9.69 Å². The minimum Gasteiger partial charge on any atom is -0.480 e. The minimum absolute atomic E-state index is 0.431. The zero-order chi connectivity index (χ0) is 10.6. The highest BCUT2D eigenvalue weighted by atomic mass is 16.5. The number of hydrogen-bond acceptors (Lipinski definition) is 3. The fourth-order valence-electron chi connectivity index (χ4n) is 1.13. The first-order valence-corrected chi connectivity index (χ1v) is 5.12. The minimum atomic E-state index is -0.783. The number of hydrogen-bond donors (Lipinski definition) is 1. The summed E-state index contributed by atoms with van der Waals surface area (Å²) in [6, 6.07) is -0.431. The summed E-state index contributed by atoms with van der Waals surface area (Å²) < 4.78 is 5.42. The number of carbonyl (C=O) groups is 1. The average molecular weight is 201 g/mol. The molecule has 4 nitrogen and oxygen atoms in total. The SMILES string of the molecule is C[C@H](C(=O)O)N(C)CCOCC1CC1. The lowest BCUT2D eigenvalue weighted by atomic mass is 10.3. The zero-order valence-electron chi connectivity index (χ0n) is 8.90. The molecule has 4 heteroatoms. The maximum Gasteiger partial charge on any atom is 0.320 e. The number of carboxylic acids is 1. The van der Waals surface area contributed by atoms with E-state index in [2.05, 4.69) is 0 Å². The Morgan fingerprint density at radius 3 is 2.79 bits per heavy atom. The molecule has 0 radical (unpaired) electrons. The van der Waals surface area contributed by atoms with E-state index in [1.54, 1.807) is 18.9 Å². The van der Waals surface area contributed by atoms with Crippen LogP contribution in [0.1, 0.15) is 19.8 Å². The summed E-state index contributed by atoms with van der Waals surface area (Å²) in [5, 5.41) is 8.72. The van der Waals surface area contributed by atoms with Crippen LogP contribution in [0.5, 0.6) is 0 Å². The molecular formula is C10H19NO3. The highest BCUT2D eigenvalue weighted by Crippen LogP contribution is 2.28. The van der Waals surface area contributed by atoms with Crippen molar-refractivity contribution in [2.24, 2.45) is 5.92 Å². The van der Waals surface area contributed by atoms with Crippen molar-refractivity contribution in [2.75, 3.05) is 26.8 Å². The van der Waals surface area contributed by atoms with Gasteiger partial charge in [0.15, 0.2) is 0 Å². The summed E-state index contributed by atoms with van der Waals surface area (Å²) in [6.07, 6.45) is 2.59. The summed E-state index contributed by atoms with van der Waals surface area (Å²) in [5.74, 6) is -0.00750. The Kier molecular flexibility index (Phi) is 4.35. The van der Waals surface area contributed by atoms with E-state index in [0.29, 0.717) is 13.2 Å². The van der Waals surface area contributed by atoms with Gasteiger partial charge in [0.05, 0.1) is 6.61 Å². The largest absolute Gasteiger partial charge is 0.480 e. The van der Waals surface area contributed by atoms with Crippen LogP contribution >= 0.6 is 0 Å². The van der Waals surface area contributed by atoms with Crippen molar-refractivity contribution in [1.82, 2.24) is 4.90 Å². The molecule has 0 aliphatic heterocycles. The fraction of sp³-hybridized carbons (Fsp3) is 0.900. The van der Waals surface area contributed by atoms with E-state index < -0.39 is 12.0 Å². The van der Waals surface area contributed by atoms with Crippen LogP contribution in [0.2, 0.25) is 0 Å². The highest BCUT2D eigenvalue weighted by molar-refractivity contribution is 5.72. The number of rotatable bonds is 7. The molecule has 1 saturated carbocycles. The van der Waals surface area contributed by atoms with Crippen LogP contribution in [0.15, 0.2) is 0 Å². The monoisotopic (exact) mass is 201 g/mol. The first kappa shape index (κ1) is 11.5. The quantitative estimate of drug-likeness (QED) is 0.619. The molecule has 0 aromatic carbocycles. The first-order chi connectivity index (χ1) is 6.61. The molecule has 0 heterocycles. The Morgan fingerprint density at radius 2 is 2.29 bits per heavy atom. The lowest BCUT2D eigenvalue weighted by Crippen LogP contribution is -2.37. The Labute approximate surface area is 84.8 Å². The van der Waals surface area contributed by atoms with Crippen molar-refractivity contribution < 1.29 is 14.6 Å². The van der Waals surface area contributed by atoms with Gasteiger partial charge in [-0.1, -0.05) is 0 Å². The van der Waals surface area contributed by atoms with E-state index in [0.717, 1.165) is 12.5 Å². The molecule has 1 N–H and O–H groups in total. The second kappa shape index (κ2) is 5.32. The van der Waals surface area contributed by atoms with Crippen LogP contribution in [-0.2, 0) is 9.53 Å². The maximum atomic E-state index is 10.6. The molecular weight excluding hydrogens is 182 g/mol. The predicted octanol–water partition coefficient (Wildman–Crippen LogP) is 0.818. The smallest absolute Gasteiger partial charge is 0.320 e. The Morgan fingerprint density at radius 1 is 1.64 bits per heavy atom. The first-order valence-electron chi connectivity index (χ1n) is 5.12. The zero-order valence-corrected chi connectivity index (χ0v) is 8.90. The molecule has 0 unspecified atom stereocenters. The van der Waals surface area contributed by atoms with Crippen LogP contribution in [-0.4, -0.2) is 48.8 Å². The van der Waals surface area contributed by atoms with Crippen LogP contribution < -0.4 is 0 Å². The van der Waals surface area contributed by atoms with E-state index in [9.17, 15) is 4.79 Å². The molecule has 14 heavy (non-hydrogen) atoms. The molecule has 0 spiro atoms. The van der Waals surface area contributed by atoms with E-state index in [-0.39, 0.29) is 0 Å². The van der Waals surface area contributed by atoms with E-state index >= 15 is 0 Å². The molecule has 0 aromatic heterocycles. The molecule has 0 aromatic rings. The summed E-state index contributed by atoms with van der Waals surface area (Å²) in [6.45, 7) is 3.84. The molecule has 0 amide bonds. The van der Waals surface area contributed by atoms with Gasteiger partial charge in [0.25, 0.3) is 0 Å². The molecule has 1 aliphatic carbocycles. The average Bonchev–Trinajstić information content (AvgIpc) is 2.94. The molecule has 1 fully saturated rings. The van der Waals surface area contributed by atoms with Crippen LogP contribution in [0.25, 0.3) is 0 Å². The van der Waals surface area contributed by atoms with Gasteiger partial charge in [-0.25, -0.2) is 0 Å². The topological polar surface area (TPSA) is 49.8 Å². The number of aliphatic carboxylic acids is 1. The van der Waals surface area contributed by atoms with Crippen molar-refractivity contribution in [3.8, 4) is 0 Å². The van der Waals surface area contributed by atoms with Gasteiger partial charge >= 0.3 is 5.97 Å². The number of ether oxygens (including phenoxy) is 1. The fourth-order valence-corrected chi connectivity index (χ4v) is 1.13. The summed E-state index contributed by atoms with van der Waals surface area (Å²) in [4.78, 5) is 12.4. The van der Waals surface area contributed by atoms with Crippen molar-refractivity contribution in [2.45, 2.75) is 25.8 Å². The van der Waals surface area contributed by atoms with E-state index in [1.165, 1.54) is 12.8 Å². The summed E-state index contributed by atoms with van der Waals surface area (Å²) in [5.41, 5.74) is 0. The Hall–Kier alpha value is -0.610. The standard InChI is InChI=1S/C10H19NO3/c1-8(10(12)13)11(2)5-6-14-7-9-3-4-9/h8-9H,3-7H2,1-2H3,(H,12,13)/t8-/m1/s1. The van der Waals surface area contributed by atoms with Crippen molar-refractivity contribution in [3.05, 3.63) is 0 Å². The van der Waals surface area contributed by atoms with Crippen LogP contribution in [0, 0.1) is 5.92 Å². The molecule has 1 atom stereocenters. The van der Waals surface area contributed by atoms with Crippen molar-refractivity contribution >= 4 is 5.97 Å². The molecule has 0 bridgehead atoms. The van der Waals surface area contributed by atoms with E-state index in [1.807, 2.05) is 0 Å². The normalized spacial score (nSPS) is 18.5. The third-order valence-corrected chi connectivity index (χ3v) is 2.66. The third-order valence-electron chi connectivity index (χ3n) is 2.66. The number of nitrogens with zero attached hydrogens (tertiary/aromatic N) is 1. The lowest BCUT2D eigenvalue weighted by Gasteiger charge is -2.20. The second-order valence-corrected chi connectivity index (χ2v) is 4.01. The van der Waals surface area contributed by atoms with Crippen molar-refractivity contribution in [1.29, 1.82) is 0 Å². The number of likely N-dealkylation sites (N-methyl/N-ethyl adjacent to an activating group) is 1. The predicted molar refractivity (Wildman–Crippen MR) is 53.3 cm³/mol. The highest BCUT2D eigenvalue weighted by Gasteiger charge is 2.21. The molecule has 1 aliphatic rings. The van der Waals surface area contributed by atoms with Gasteiger partial charge in [0.2, 0.25) is 0 Å². The second-order valence-electron chi connectivity index (χ2n) is 4.01. The Balaban J connectivity index is 2.00. The van der Waals surface area contributed by atoms with Gasteiger partial charge in [0.1, 0.15) is 6.04 Å². The van der Waals surface area contributed by atoms with Crippen LogP contribution in [0.4, 0.5) is 0 Å². The lowest BCUT2D eigenvalue weighted by molar-refractivity contribution is -0.142. The van der Waals surface area contributed by atoms with Gasteiger partial charge < -0.3 is 9.84 Å². The number of carboxylic acid groups (broad SMARTS) is 1. The maximum absolute atomic E-state index is 10.6. The summed E-state index contributed by atoms with van der Waals surface area (Å²) in [7, 11) is 1.80.